The predicted molar refractivity (Wildman–Crippen MR) is 76.4 cm³/mol. The number of aromatic nitrogens is 2. The topological polar surface area (TPSA) is 87.6 Å². The van der Waals surface area contributed by atoms with Gasteiger partial charge in [-0.2, -0.15) is 18.2 Å². The lowest BCUT2D eigenvalue weighted by atomic mass is 10.1. The summed E-state index contributed by atoms with van der Waals surface area (Å²) in [6.07, 6.45) is -3.40. The number of ketones is 1. The highest BCUT2D eigenvalue weighted by atomic mass is 19.4. The number of nitrogens with zero attached hydrogens (tertiary/aromatic N) is 2. The van der Waals surface area contributed by atoms with E-state index < -0.39 is 24.5 Å². The smallest absolute Gasteiger partial charge is 0.422 e. The molecule has 25 heavy (non-hydrogen) atoms. The van der Waals surface area contributed by atoms with Crippen LogP contribution < -0.4 is 9.47 Å². The molecule has 0 saturated carbocycles. The fourth-order valence-electron chi connectivity index (χ4n) is 1.65. The van der Waals surface area contributed by atoms with E-state index in [9.17, 15) is 22.8 Å². The van der Waals surface area contributed by atoms with E-state index in [4.69, 9.17) is 4.74 Å². The second kappa shape index (κ2) is 7.60. The van der Waals surface area contributed by atoms with Crippen molar-refractivity contribution < 1.29 is 37.0 Å². The second-order valence-corrected chi connectivity index (χ2v) is 4.50. The summed E-state index contributed by atoms with van der Waals surface area (Å²) in [6, 6.07) is 6.45. The van der Waals surface area contributed by atoms with E-state index >= 15 is 0 Å². The highest BCUT2D eigenvalue weighted by Gasteiger charge is 2.28. The van der Waals surface area contributed by atoms with Crippen LogP contribution in [0.1, 0.15) is 10.4 Å². The number of para-hydroxylation sites is 1. The summed E-state index contributed by atoms with van der Waals surface area (Å²) < 4.78 is 50.6. The van der Waals surface area contributed by atoms with Crippen molar-refractivity contribution in [3.63, 3.8) is 0 Å². The molecule has 0 spiro atoms. The minimum Gasteiger partial charge on any atom is -0.468 e. The molecule has 0 amide bonds. The van der Waals surface area contributed by atoms with Crippen molar-refractivity contribution in [3.8, 4) is 17.6 Å². The van der Waals surface area contributed by atoms with Crippen LogP contribution in [-0.2, 0) is 9.53 Å². The molecule has 0 N–H and O–H groups in total. The van der Waals surface area contributed by atoms with Crippen LogP contribution >= 0.6 is 0 Å². The number of ether oxygens (including phenoxy) is 3. The lowest BCUT2D eigenvalue weighted by Crippen LogP contribution is -2.19. The van der Waals surface area contributed by atoms with Crippen LogP contribution in [0.15, 0.2) is 36.5 Å². The predicted octanol–water partition coefficient (Wildman–Crippen LogP) is 2.57. The second-order valence-electron chi connectivity index (χ2n) is 4.50. The van der Waals surface area contributed by atoms with Gasteiger partial charge in [0.2, 0.25) is 5.88 Å². The monoisotopic (exact) mass is 356 g/mol. The fourth-order valence-corrected chi connectivity index (χ4v) is 1.65. The van der Waals surface area contributed by atoms with Crippen molar-refractivity contribution in [3.05, 3.63) is 42.1 Å². The average molecular weight is 356 g/mol. The van der Waals surface area contributed by atoms with E-state index in [-0.39, 0.29) is 23.2 Å². The van der Waals surface area contributed by atoms with Crippen molar-refractivity contribution in [2.75, 3.05) is 13.7 Å². The first-order chi connectivity index (χ1) is 11.8. The van der Waals surface area contributed by atoms with Gasteiger partial charge in [0.1, 0.15) is 5.75 Å². The first-order valence-corrected chi connectivity index (χ1v) is 6.72. The Bertz CT molecular complexity index is 780. The van der Waals surface area contributed by atoms with Gasteiger partial charge in [0.25, 0.3) is 5.78 Å². The summed E-state index contributed by atoms with van der Waals surface area (Å²) in [6.45, 7) is -1.53. The molecule has 0 aliphatic carbocycles. The van der Waals surface area contributed by atoms with Gasteiger partial charge in [-0.3, -0.25) is 4.79 Å². The van der Waals surface area contributed by atoms with E-state index in [0.29, 0.717) is 0 Å². The third-order valence-corrected chi connectivity index (χ3v) is 2.70. The molecule has 2 rings (SSSR count). The van der Waals surface area contributed by atoms with Gasteiger partial charge in [-0.05, 0) is 12.1 Å². The molecule has 0 aliphatic rings. The third kappa shape index (κ3) is 5.16. The summed E-state index contributed by atoms with van der Waals surface area (Å²) in [7, 11) is 1.05. The molecule has 0 unspecified atom stereocenters. The molecule has 0 atom stereocenters. The first kappa shape index (κ1) is 18.2. The number of esters is 1. The molecule has 2 aromatic rings. The molecule has 0 bridgehead atoms. The molecule has 7 nitrogen and oxygen atoms in total. The summed E-state index contributed by atoms with van der Waals surface area (Å²) >= 11 is 0. The van der Waals surface area contributed by atoms with Crippen LogP contribution in [0.2, 0.25) is 0 Å². The van der Waals surface area contributed by atoms with Crippen molar-refractivity contribution in [1.29, 1.82) is 0 Å². The first-order valence-electron chi connectivity index (χ1n) is 6.72. The number of rotatable bonds is 6. The maximum absolute atomic E-state index is 12.2. The molecular weight excluding hydrogens is 345 g/mol. The number of hydrogen-bond donors (Lipinski definition) is 0. The number of carbonyl (C=O) groups excluding carboxylic acids is 2. The molecule has 0 aliphatic heterocycles. The van der Waals surface area contributed by atoms with Gasteiger partial charge in [-0.1, -0.05) is 12.1 Å². The van der Waals surface area contributed by atoms with Crippen molar-refractivity contribution in [2.24, 2.45) is 0 Å². The van der Waals surface area contributed by atoms with Crippen LogP contribution in [0.3, 0.4) is 0 Å². The van der Waals surface area contributed by atoms with Crippen LogP contribution in [0.25, 0.3) is 0 Å². The van der Waals surface area contributed by atoms with Gasteiger partial charge in [0.05, 0.1) is 12.7 Å². The van der Waals surface area contributed by atoms with Crippen LogP contribution in [0.5, 0.6) is 17.6 Å². The Morgan fingerprint density at radius 2 is 1.88 bits per heavy atom. The number of methoxy groups -OCH3 is 1. The van der Waals surface area contributed by atoms with Gasteiger partial charge in [-0.25, -0.2) is 9.78 Å². The summed E-state index contributed by atoms with van der Waals surface area (Å²) in [5, 5.41) is 0. The number of carbonyl (C=O) groups is 2. The lowest BCUT2D eigenvalue weighted by Gasteiger charge is -2.10. The van der Waals surface area contributed by atoms with E-state index in [1.54, 1.807) is 0 Å². The summed E-state index contributed by atoms with van der Waals surface area (Å²) in [4.78, 5) is 30.7. The van der Waals surface area contributed by atoms with E-state index in [1.807, 2.05) is 0 Å². The summed E-state index contributed by atoms with van der Waals surface area (Å²) in [5.41, 5.74) is -0.112. The Labute approximate surface area is 139 Å². The molecule has 1 aromatic heterocycles. The molecule has 0 radical (unpaired) electrons. The van der Waals surface area contributed by atoms with E-state index in [0.717, 1.165) is 19.4 Å². The average Bonchev–Trinajstić information content (AvgIpc) is 2.59. The van der Waals surface area contributed by atoms with Gasteiger partial charge < -0.3 is 14.2 Å². The Morgan fingerprint density at radius 3 is 2.56 bits per heavy atom. The van der Waals surface area contributed by atoms with Crippen LogP contribution in [-0.4, -0.2) is 41.6 Å². The van der Waals surface area contributed by atoms with Crippen LogP contribution in [0, 0.1) is 0 Å². The van der Waals surface area contributed by atoms with Crippen molar-refractivity contribution in [1.82, 2.24) is 9.97 Å². The zero-order valence-corrected chi connectivity index (χ0v) is 12.7. The fraction of sp³-hybridized carbons (Fsp3) is 0.200. The van der Waals surface area contributed by atoms with Gasteiger partial charge >= 0.3 is 18.2 Å². The molecule has 0 fully saturated rings. The normalized spacial score (nSPS) is 10.9. The number of benzene rings is 1. The highest BCUT2D eigenvalue weighted by molar-refractivity contribution is 6.41. The van der Waals surface area contributed by atoms with Crippen molar-refractivity contribution in [2.45, 2.75) is 6.18 Å². The Kier molecular flexibility index (Phi) is 5.52. The van der Waals surface area contributed by atoms with Gasteiger partial charge in [0, 0.05) is 12.3 Å². The highest BCUT2D eigenvalue weighted by Crippen LogP contribution is 2.25. The van der Waals surface area contributed by atoms with Crippen molar-refractivity contribution >= 4 is 11.8 Å². The minimum absolute atomic E-state index is 0.0640. The number of Topliss-reactive ketones (excluding diaryl/α,β-unsaturated/α-hetero) is 1. The summed E-state index contributed by atoms with van der Waals surface area (Å²) in [5.74, 6) is -2.48. The Hall–Kier alpha value is -3.17. The Morgan fingerprint density at radius 1 is 1.16 bits per heavy atom. The van der Waals surface area contributed by atoms with Crippen LogP contribution in [0.4, 0.5) is 13.2 Å². The largest absolute Gasteiger partial charge is 0.468 e. The van der Waals surface area contributed by atoms with Gasteiger partial charge in [-0.15, -0.1) is 0 Å². The minimum atomic E-state index is -4.52. The SMILES string of the molecule is COC(=O)C(=O)c1ccccc1Oc1nccc(OCC(F)(F)F)n1. The zero-order chi connectivity index (χ0) is 18.4. The van der Waals surface area contributed by atoms with E-state index in [1.165, 1.54) is 24.3 Å². The number of alkyl halides is 3. The standard InChI is InChI=1S/C15H11F3N2O5/c1-23-13(22)12(21)9-4-2-3-5-10(9)25-14-19-7-6-11(20-14)24-8-15(16,17)18/h2-7H,8H2,1H3. The zero-order valence-electron chi connectivity index (χ0n) is 12.7. The molecule has 1 aromatic carbocycles. The molecule has 1 heterocycles. The maximum Gasteiger partial charge on any atom is 0.422 e. The maximum atomic E-state index is 12.2. The molecule has 0 saturated heterocycles. The number of hydrogen-bond acceptors (Lipinski definition) is 7. The van der Waals surface area contributed by atoms with E-state index in [2.05, 4.69) is 19.4 Å². The lowest BCUT2D eigenvalue weighted by molar-refractivity contribution is -0.154. The van der Waals surface area contributed by atoms with Gasteiger partial charge in [0.15, 0.2) is 6.61 Å². The molecule has 132 valence electrons. The quantitative estimate of drug-likeness (QED) is 0.446. The number of halogens is 3. The molecular formula is C15H11F3N2O5. The Balaban J connectivity index is 2.20. The third-order valence-electron chi connectivity index (χ3n) is 2.70. The molecule has 10 heteroatoms.